The van der Waals surface area contributed by atoms with E-state index in [0.717, 1.165) is 32.4 Å². The van der Waals surface area contributed by atoms with E-state index >= 15 is 0 Å². The number of carbonyl (C=O) groups excluding carboxylic acids is 1. The predicted molar refractivity (Wildman–Crippen MR) is 64.8 cm³/mol. The number of rotatable bonds is 2. The zero-order chi connectivity index (χ0) is 13.1. The average Bonchev–Trinajstić information content (AvgIpc) is 2.24. The summed E-state index contributed by atoms with van der Waals surface area (Å²) in [5.41, 5.74) is -0.489. The number of hydrogen-bond acceptors (Lipinski definition) is 2. The third-order valence-corrected chi connectivity index (χ3v) is 3.02. The molecule has 5 heteroatoms. The highest BCUT2D eigenvalue weighted by Gasteiger charge is 2.33. The van der Waals surface area contributed by atoms with Gasteiger partial charge in [0.1, 0.15) is 6.04 Å². The second kappa shape index (κ2) is 5.38. The Labute approximate surface area is 102 Å². The molecule has 0 aromatic rings. The molecule has 2 amide bonds. The number of hydrogen-bond donors (Lipinski definition) is 2. The van der Waals surface area contributed by atoms with Gasteiger partial charge in [-0.15, -0.1) is 0 Å². The minimum absolute atomic E-state index is 0.257. The summed E-state index contributed by atoms with van der Waals surface area (Å²) in [5.74, 6) is -0.983. The van der Waals surface area contributed by atoms with Crippen LogP contribution in [-0.2, 0) is 4.79 Å². The molecule has 17 heavy (non-hydrogen) atoms. The lowest BCUT2D eigenvalue weighted by atomic mass is 9.87. The van der Waals surface area contributed by atoms with Crippen molar-refractivity contribution in [3.63, 3.8) is 0 Å². The number of carbonyl (C=O) groups is 2. The van der Waals surface area contributed by atoms with E-state index < -0.39 is 17.4 Å². The molecule has 0 bridgehead atoms. The van der Waals surface area contributed by atoms with Crippen LogP contribution >= 0.6 is 0 Å². The number of nitrogens with one attached hydrogen (secondary N) is 1. The zero-order valence-electron chi connectivity index (χ0n) is 10.8. The maximum Gasteiger partial charge on any atom is 0.326 e. The Morgan fingerprint density at radius 2 is 1.71 bits per heavy atom. The minimum Gasteiger partial charge on any atom is -0.480 e. The van der Waals surface area contributed by atoms with Crippen LogP contribution in [-0.4, -0.2) is 41.1 Å². The summed E-state index contributed by atoms with van der Waals surface area (Å²) in [4.78, 5) is 24.7. The lowest BCUT2D eigenvalue weighted by Gasteiger charge is -2.32. The molecule has 98 valence electrons. The number of aliphatic carboxylic acids is 1. The molecule has 1 atom stereocenters. The molecule has 1 unspecified atom stereocenters. The summed E-state index contributed by atoms with van der Waals surface area (Å²) >= 11 is 0. The highest BCUT2D eigenvalue weighted by Crippen LogP contribution is 2.20. The normalized spacial score (nSPS) is 18.6. The summed E-state index contributed by atoms with van der Waals surface area (Å²) in [6.07, 6.45) is 3.15. The Kier molecular flexibility index (Phi) is 4.37. The number of piperidine rings is 1. The predicted octanol–water partition coefficient (Wildman–Crippen LogP) is 1.68. The molecule has 0 radical (unpaired) electrons. The molecule has 1 rings (SSSR count). The number of urea groups is 1. The van der Waals surface area contributed by atoms with Crippen LogP contribution in [0.2, 0.25) is 0 Å². The molecule has 1 fully saturated rings. The van der Waals surface area contributed by atoms with Crippen molar-refractivity contribution in [3.8, 4) is 0 Å². The molecule has 1 saturated heterocycles. The monoisotopic (exact) mass is 242 g/mol. The molecule has 0 aliphatic carbocycles. The number of nitrogens with zero attached hydrogens (tertiary/aromatic N) is 1. The quantitative estimate of drug-likeness (QED) is 0.774. The summed E-state index contributed by atoms with van der Waals surface area (Å²) in [5, 5.41) is 11.7. The van der Waals surface area contributed by atoms with Gasteiger partial charge in [0.25, 0.3) is 0 Å². The van der Waals surface area contributed by atoms with E-state index in [4.69, 9.17) is 5.11 Å². The fourth-order valence-electron chi connectivity index (χ4n) is 1.96. The van der Waals surface area contributed by atoms with Crippen LogP contribution in [0.15, 0.2) is 0 Å². The molecular weight excluding hydrogens is 220 g/mol. The van der Waals surface area contributed by atoms with Crippen LogP contribution in [0.3, 0.4) is 0 Å². The Morgan fingerprint density at radius 1 is 1.18 bits per heavy atom. The van der Waals surface area contributed by atoms with E-state index in [1.807, 2.05) is 20.8 Å². The molecule has 0 aromatic carbocycles. The van der Waals surface area contributed by atoms with Crippen molar-refractivity contribution in [1.82, 2.24) is 10.2 Å². The van der Waals surface area contributed by atoms with Gasteiger partial charge >= 0.3 is 12.0 Å². The van der Waals surface area contributed by atoms with Gasteiger partial charge in [-0.3, -0.25) is 0 Å². The molecule has 1 heterocycles. The second-order valence-electron chi connectivity index (χ2n) is 5.63. The molecule has 0 saturated carbocycles. The van der Waals surface area contributed by atoms with Gasteiger partial charge in [0, 0.05) is 13.1 Å². The lowest BCUT2D eigenvalue weighted by molar-refractivity contribution is -0.142. The van der Waals surface area contributed by atoms with Crippen molar-refractivity contribution < 1.29 is 14.7 Å². The molecule has 5 nitrogen and oxygen atoms in total. The highest BCUT2D eigenvalue weighted by molar-refractivity contribution is 5.83. The average molecular weight is 242 g/mol. The molecule has 2 N–H and O–H groups in total. The van der Waals surface area contributed by atoms with Crippen molar-refractivity contribution in [2.45, 2.75) is 46.1 Å². The Hall–Kier alpha value is -1.26. The summed E-state index contributed by atoms with van der Waals surface area (Å²) in [6, 6.07) is -1.11. The Balaban J connectivity index is 2.60. The van der Waals surface area contributed by atoms with Crippen LogP contribution < -0.4 is 5.32 Å². The first-order valence-electron chi connectivity index (χ1n) is 6.10. The molecule has 0 aromatic heterocycles. The van der Waals surface area contributed by atoms with Crippen molar-refractivity contribution >= 4 is 12.0 Å². The molecule has 1 aliphatic rings. The fraction of sp³-hybridized carbons (Fsp3) is 0.833. The van der Waals surface area contributed by atoms with Gasteiger partial charge in [-0.25, -0.2) is 9.59 Å². The number of carboxylic acids is 1. The number of carboxylic acid groups (broad SMARTS) is 1. The maximum absolute atomic E-state index is 11.9. The topological polar surface area (TPSA) is 69.6 Å². The van der Waals surface area contributed by atoms with E-state index in [-0.39, 0.29) is 6.03 Å². The molecule has 1 aliphatic heterocycles. The van der Waals surface area contributed by atoms with Gasteiger partial charge in [0.15, 0.2) is 0 Å². The smallest absolute Gasteiger partial charge is 0.326 e. The largest absolute Gasteiger partial charge is 0.480 e. The van der Waals surface area contributed by atoms with E-state index in [2.05, 4.69) is 5.32 Å². The Bertz CT molecular complexity index is 291. The number of amides is 2. The summed E-state index contributed by atoms with van der Waals surface area (Å²) < 4.78 is 0. The fourth-order valence-corrected chi connectivity index (χ4v) is 1.96. The first kappa shape index (κ1) is 13.8. The van der Waals surface area contributed by atoms with Crippen LogP contribution in [0.4, 0.5) is 4.79 Å². The summed E-state index contributed by atoms with van der Waals surface area (Å²) in [6.45, 7) is 6.87. The standard InChI is InChI=1S/C12H22N2O3/c1-12(2,3)9(10(15)16)13-11(17)14-7-5-4-6-8-14/h9H,4-8H2,1-3H3,(H,13,17)(H,15,16). The molecule has 0 spiro atoms. The van der Waals surface area contributed by atoms with Crippen molar-refractivity contribution in [3.05, 3.63) is 0 Å². The van der Waals surface area contributed by atoms with E-state index in [9.17, 15) is 9.59 Å². The van der Waals surface area contributed by atoms with Gasteiger partial charge in [-0.2, -0.15) is 0 Å². The third kappa shape index (κ3) is 3.91. The van der Waals surface area contributed by atoms with Gasteiger partial charge in [-0.05, 0) is 24.7 Å². The van der Waals surface area contributed by atoms with E-state index in [1.165, 1.54) is 0 Å². The van der Waals surface area contributed by atoms with Gasteiger partial charge in [0.05, 0.1) is 0 Å². The van der Waals surface area contributed by atoms with Crippen LogP contribution in [0.25, 0.3) is 0 Å². The summed E-state index contributed by atoms with van der Waals surface area (Å²) in [7, 11) is 0. The highest BCUT2D eigenvalue weighted by atomic mass is 16.4. The first-order chi connectivity index (χ1) is 7.82. The third-order valence-electron chi connectivity index (χ3n) is 3.02. The van der Waals surface area contributed by atoms with Gasteiger partial charge < -0.3 is 15.3 Å². The van der Waals surface area contributed by atoms with Crippen molar-refractivity contribution in [2.75, 3.05) is 13.1 Å². The molecular formula is C12H22N2O3. The lowest BCUT2D eigenvalue weighted by Crippen LogP contribution is -2.54. The van der Waals surface area contributed by atoms with Crippen LogP contribution in [0, 0.1) is 5.41 Å². The van der Waals surface area contributed by atoms with Gasteiger partial charge in [0.2, 0.25) is 0 Å². The SMILES string of the molecule is CC(C)(C)C(NC(=O)N1CCCCC1)C(=O)O. The van der Waals surface area contributed by atoms with Crippen LogP contribution in [0.5, 0.6) is 0 Å². The minimum atomic E-state index is -0.983. The maximum atomic E-state index is 11.9. The van der Waals surface area contributed by atoms with Crippen molar-refractivity contribution in [1.29, 1.82) is 0 Å². The van der Waals surface area contributed by atoms with E-state index in [1.54, 1.807) is 4.90 Å². The number of likely N-dealkylation sites (tertiary alicyclic amines) is 1. The Morgan fingerprint density at radius 3 is 2.12 bits per heavy atom. The second-order valence-corrected chi connectivity index (χ2v) is 5.63. The first-order valence-corrected chi connectivity index (χ1v) is 6.10. The van der Waals surface area contributed by atoms with E-state index in [0.29, 0.717) is 0 Å². The zero-order valence-corrected chi connectivity index (χ0v) is 10.8. The van der Waals surface area contributed by atoms with Crippen molar-refractivity contribution in [2.24, 2.45) is 5.41 Å². The van der Waals surface area contributed by atoms with Crippen LogP contribution in [0.1, 0.15) is 40.0 Å². The van der Waals surface area contributed by atoms with Gasteiger partial charge in [-0.1, -0.05) is 20.8 Å².